The van der Waals surface area contributed by atoms with Crippen molar-refractivity contribution in [1.29, 1.82) is 0 Å². The van der Waals surface area contributed by atoms with Crippen molar-refractivity contribution < 1.29 is 9.90 Å². The van der Waals surface area contributed by atoms with Crippen LogP contribution in [0.25, 0.3) is 5.65 Å². The predicted octanol–water partition coefficient (Wildman–Crippen LogP) is 0.489. The summed E-state index contributed by atoms with van der Waals surface area (Å²) in [6.07, 6.45) is 1.60. The fourth-order valence-corrected chi connectivity index (χ4v) is 1.41. The minimum absolute atomic E-state index is 0.219. The lowest BCUT2D eigenvalue weighted by Gasteiger charge is -2.03. The Labute approximate surface area is 92.1 Å². The molecule has 0 unspecified atom stereocenters. The number of aromatic carboxylic acids is 1. The number of pyridine rings is 1. The summed E-state index contributed by atoms with van der Waals surface area (Å²) < 4.78 is 1.57. The summed E-state index contributed by atoms with van der Waals surface area (Å²) in [5.74, 6) is -0.285. The van der Waals surface area contributed by atoms with Gasteiger partial charge in [0.2, 0.25) is 0 Å². The molecular formula is C10H12N4O2. The highest BCUT2D eigenvalue weighted by atomic mass is 16.4. The van der Waals surface area contributed by atoms with Crippen LogP contribution < -0.4 is 0 Å². The number of rotatable bonds is 3. The van der Waals surface area contributed by atoms with Gasteiger partial charge in [-0.3, -0.25) is 0 Å². The second-order valence-electron chi connectivity index (χ2n) is 3.79. The number of fused-ring (bicyclic) bond motifs is 1. The zero-order valence-corrected chi connectivity index (χ0v) is 9.08. The number of hydrogen-bond donors (Lipinski definition) is 1. The first-order chi connectivity index (χ1) is 7.56. The number of aromatic nitrogens is 3. The molecule has 0 aliphatic carbocycles. The number of carboxylic acids is 1. The molecule has 6 nitrogen and oxygen atoms in total. The lowest BCUT2D eigenvalue weighted by atomic mass is 10.3. The summed E-state index contributed by atoms with van der Waals surface area (Å²) >= 11 is 0. The summed E-state index contributed by atoms with van der Waals surface area (Å²) in [7, 11) is 3.85. The second kappa shape index (κ2) is 3.90. The number of carbonyl (C=O) groups is 1. The third-order valence-electron chi connectivity index (χ3n) is 2.09. The van der Waals surface area contributed by atoms with Crippen molar-refractivity contribution in [3.8, 4) is 0 Å². The standard InChI is InChI=1S/C10H12N4O2/c1-13(2)6-8-11-9-5-7(10(15)16)3-4-14(9)12-8/h3-5H,6H2,1-2H3,(H,15,16). The van der Waals surface area contributed by atoms with E-state index in [2.05, 4.69) is 10.1 Å². The molecular weight excluding hydrogens is 208 g/mol. The summed E-state index contributed by atoms with van der Waals surface area (Å²) in [4.78, 5) is 17.0. The molecule has 1 N–H and O–H groups in total. The zero-order chi connectivity index (χ0) is 11.7. The minimum atomic E-state index is -0.959. The van der Waals surface area contributed by atoms with Gasteiger partial charge in [-0.15, -0.1) is 5.10 Å². The van der Waals surface area contributed by atoms with Gasteiger partial charge in [0.15, 0.2) is 11.5 Å². The fraction of sp³-hybridized carbons (Fsp3) is 0.300. The molecule has 2 aromatic rings. The summed E-state index contributed by atoms with van der Waals surface area (Å²) in [6, 6.07) is 3.01. The first-order valence-electron chi connectivity index (χ1n) is 4.79. The number of nitrogens with zero attached hydrogens (tertiary/aromatic N) is 4. The van der Waals surface area contributed by atoms with Crippen LogP contribution in [0.1, 0.15) is 16.2 Å². The molecule has 2 rings (SSSR count). The maximum atomic E-state index is 10.8. The van der Waals surface area contributed by atoms with E-state index >= 15 is 0 Å². The molecule has 2 aromatic heterocycles. The Hall–Kier alpha value is -1.95. The van der Waals surface area contributed by atoms with E-state index in [1.54, 1.807) is 10.7 Å². The SMILES string of the molecule is CN(C)Cc1nc2cc(C(=O)O)ccn2n1. The van der Waals surface area contributed by atoms with E-state index in [0.29, 0.717) is 18.0 Å². The van der Waals surface area contributed by atoms with Crippen LogP contribution in [0.15, 0.2) is 18.3 Å². The molecule has 0 aromatic carbocycles. The molecule has 2 heterocycles. The van der Waals surface area contributed by atoms with Gasteiger partial charge in [-0.2, -0.15) is 0 Å². The maximum Gasteiger partial charge on any atom is 0.335 e. The zero-order valence-electron chi connectivity index (χ0n) is 9.08. The molecule has 0 radical (unpaired) electrons. The van der Waals surface area contributed by atoms with Crippen molar-refractivity contribution in [2.24, 2.45) is 0 Å². The van der Waals surface area contributed by atoms with E-state index in [9.17, 15) is 4.79 Å². The van der Waals surface area contributed by atoms with Gasteiger partial charge < -0.3 is 10.0 Å². The van der Waals surface area contributed by atoms with E-state index in [1.807, 2.05) is 19.0 Å². The molecule has 6 heteroatoms. The third-order valence-corrected chi connectivity index (χ3v) is 2.09. The normalized spacial score (nSPS) is 11.2. The first-order valence-corrected chi connectivity index (χ1v) is 4.79. The molecule has 0 aliphatic heterocycles. The Morgan fingerprint density at radius 1 is 1.56 bits per heavy atom. The average Bonchev–Trinajstić information content (AvgIpc) is 2.56. The van der Waals surface area contributed by atoms with Crippen molar-refractivity contribution in [3.63, 3.8) is 0 Å². The monoisotopic (exact) mass is 220 g/mol. The summed E-state index contributed by atoms with van der Waals surface area (Å²) in [5, 5.41) is 13.1. The fourth-order valence-electron chi connectivity index (χ4n) is 1.41. The Morgan fingerprint density at radius 3 is 2.94 bits per heavy atom. The van der Waals surface area contributed by atoms with Gasteiger partial charge in [0.25, 0.3) is 0 Å². The minimum Gasteiger partial charge on any atom is -0.478 e. The van der Waals surface area contributed by atoms with Crippen LogP contribution in [0.3, 0.4) is 0 Å². The van der Waals surface area contributed by atoms with Gasteiger partial charge in [0.05, 0.1) is 12.1 Å². The third kappa shape index (κ3) is 2.01. The van der Waals surface area contributed by atoms with Crippen LogP contribution in [0, 0.1) is 0 Å². The van der Waals surface area contributed by atoms with Gasteiger partial charge in [0, 0.05) is 6.20 Å². The van der Waals surface area contributed by atoms with Gasteiger partial charge in [-0.25, -0.2) is 14.3 Å². The van der Waals surface area contributed by atoms with Gasteiger partial charge in [-0.1, -0.05) is 0 Å². The summed E-state index contributed by atoms with van der Waals surface area (Å²) in [6.45, 7) is 0.629. The molecule has 16 heavy (non-hydrogen) atoms. The summed E-state index contributed by atoms with van der Waals surface area (Å²) in [5.41, 5.74) is 0.771. The van der Waals surface area contributed by atoms with Crippen LogP contribution >= 0.6 is 0 Å². The second-order valence-corrected chi connectivity index (χ2v) is 3.79. The highest BCUT2D eigenvalue weighted by molar-refractivity contribution is 5.88. The molecule has 0 fully saturated rings. The van der Waals surface area contributed by atoms with Crippen molar-refractivity contribution in [3.05, 3.63) is 29.7 Å². The molecule has 0 atom stereocenters. The quantitative estimate of drug-likeness (QED) is 0.815. The molecule has 0 amide bonds. The topological polar surface area (TPSA) is 70.7 Å². The maximum absolute atomic E-state index is 10.8. The lowest BCUT2D eigenvalue weighted by Crippen LogP contribution is -2.11. The van der Waals surface area contributed by atoms with Crippen molar-refractivity contribution in [1.82, 2.24) is 19.5 Å². The molecule has 0 spiro atoms. The molecule has 0 aliphatic rings. The van der Waals surface area contributed by atoms with Crippen LogP contribution in [-0.4, -0.2) is 44.7 Å². The molecule has 0 saturated carbocycles. The van der Waals surface area contributed by atoms with Crippen LogP contribution in [0.2, 0.25) is 0 Å². The van der Waals surface area contributed by atoms with Gasteiger partial charge in [-0.05, 0) is 26.2 Å². The predicted molar refractivity (Wildman–Crippen MR) is 57.3 cm³/mol. The lowest BCUT2D eigenvalue weighted by molar-refractivity contribution is 0.0697. The van der Waals surface area contributed by atoms with Crippen molar-refractivity contribution >= 4 is 11.6 Å². The van der Waals surface area contributed by atoms with Crippen LogP contribution in [0.4, 0.5) is 0 Å². The highest BCUT2D eigenvalue weighted by Crippen LogP contribution is 2.06. The van der Waals surface area contributed by atoms with Crippen molar-refractivity contribution in [2.75, 3.05) is 14.1 Å². The van der Waals surface area contributed by atoms with Gasteiger partial charge >= 0.3 is 5.97 Å². The Balaban J connectivity index is 2.42. The molecule has 0 bridgehead atoms. The van der Waals surface area contributed by atoms with Crippen molar-refractivity contribution in [2.45, 2.75) is 6.54 Å². The molecule has 84 valence electrons. The van der Waals surface area contributed by atoms with E-state index in [4.69, 9.17) is 5.11 Å². The van der Waals surface area contributed by atoms with Crippen LogP contribution in [0.5, 0.6) is 0 Å². The van der Waals surface area contributed by atoms with E-state index < -0.39 is 5.97 Å². The van der Waals surface area contributed by atoms with Crippen LogP contribution in [-0.2, 0) is 6.54 Å². The number of carboxylic acid groups (broad SMARTS) is 1. The van der Waals surface area contributed by atoms with E-state index in [0.717, 1.165) is 0 Å². The van der Waals surface area contributed by atoms with Gasteiger partial charge in [0.1, 0.15) is 0 Å². The molecule has 0 saturated heterocycles. The first kappa shape index (κ1) is 10.6. The Morgan fingerprint density at radius 2 is 2.31 bits per heavy atom. The van der Waals surface area contributed by atoms with E-state index in [-0.39, 0.29) is 5.56 Å². The Kier molecular flexibility index (Phi) is 2.57. The van der Waals surface area contributed by atoms with E-state index in [1.165, 1.54) is 12.1 Å². The smallest absolute Gasteiger partial charge is 0.335 e. The number of hydrogen-bond acceptors (Lipinski definition) is 4. The highest BCUT2D eigenvalue weighted by Gasteiger charge is 2.08. The average molecular weight is 220 g/mol. The Bertz CT molecular complexity index is 533. The largest absolute Gasteiger partial charge is 0.478 e.